The third-order valence-electron chi connectivity index (χ3n) is 6.37. The first-order valence-electron chi connectivity index (χ1n) is 11.6. The van der Waals surface area contributed by atoms with Crippen LogP contribution in [0.5, 0.6) is 17.4 Å². The zero-order chi connectivity index (χ0) is 24.2. The minimum atomic E-state index is -0.329. The van der Waals surface area contributed by atoms with E-state index in [1.807, 2.05) is 12.1 Å². The highest BCUT2D eigenvalue weighted by Gasteiger charge is 2.31. The molecule has 2 aromatic heterocycles. The molecule has 2 N–H and O–H groups in total. The molecule has 0 spiro atoms. The molecule has 1 amide bonds. The van der Waals surface area contributed by atoms with Crippen molar-refractivity contribution in [1.82, 2.24) is 25.1 Å². The Balaban J connectivity index is 1.15. The van der Waals surface area contributed by atoms with E-state index in [0.29, 0.717) is 40.8 Å². The van der Waals surface area contributed by atoms with Gasteiger partial charge in [-0.15, -0.1) is 5.10 Å². The average Bonchev–Trinajstić information content (AvgIpc) is 3.56. The smallest absolute Gasteiger partial charge is 0.259 e. The van der Waals surface area contributed by atoms with E-state index in [9.17, 15) is 4.79 Å². The zero-order valence-corrected chi connectivity index (χ0v) is 19.9. The molecule has 0 saturated carbocycles. The fourth-order valence-electron chi connectivity index (χ4n) is 4.52. The van der Waals surface area contributed by atoms with Gasteiger partial charge in [0, 0.05) is 50.2 Å². The summed E-state index contributed by atoms with van der Waals surface area (Å²) in [7, 11) is 3.19. The van der Waals surface area contributed by atoms with Crippen molar-refractivity contribution < 1.29 is 19.0 Å². The second kappa shape index (κ2) is 10.2. The van der Waals surface area contributed by atoms with Crippen LogP contribution in [0.2, 0.25) is 0 Å². The summed E-state index contributed by atoms with van der Waals surface area (Å²) in [5.74, 6) is 2.44. The molecule has 0 aliphatic carbocycles. The largest absolute Gasteiger partial charge is 0.497 e. The molecule has 2 saturated heterocycles. The highest BCUT2D eigenvalue weighted by molar-refractivity contribution is 6.03. The number of anilines is 2. The number of hydrogen-bond acceptors (Lipinski definition) is 9. The number of hydrogen-bond donors (Lipinski definition) is 2. The van der Waals surface area contributed by atoms with E-state index in [4.69, 9.17) is 14.2 Å². The molecule has 2 aliphatic rings. The quantitative estimate of drug-likeness (QED) is 0.502. The third-order valence-corrected chi connectivity index (χ3v) is 6.37. The van der Waals surface area contributed by atoms with Crippen molar-refractivity contribution in [2.24, 2.45) is 0 Å². The second-order valence-corrected chi connectivity index (χ2v) is 8.63. The first-order chi connectivity index (χ1) is 17.1. The van der Waals surface area contributed by atoms with E-state index in [-0.39, 0.29) is 12.5 Å². The molecule has 1 unspecified atom stereocenters. The lowest BCUT2D eigenvalue weighted by atomic mass is 10.1. The lowest BCUT2D eigenvalue weighted by molar-refractivity contribution is 0.102. The van der Waals surface area contributed by atoms with Crippen LogP contribution in [0.3, 0.4) is 0 Å². The van der Waals surface area contributed by atoms with Gasteiger partial charge in [0.15, 0.2) is 0 Å². The molecule has 1 aromatic carbocycles. The highest BCUT2D eigenvalue weighted by atomic mass is 16.5. The normalized spacial score (nSPS) is 17.7. The Morgan fingerprint density at radius 2 is 1.86 bits per heavy atom. The summed E-state index contributed by atoms with van der Waals surface area (Å²) < 4.78 is 16.3. The lowest BCUT2D eigenvalue weighted by Gasteiger charge is -2.37. The molecule has 11 heteroatoms. The molecular weight excluding hydrogens is 450 g/mol. The maximum absolute atomic E-state index is 12.7. The first kappa shape index (κ1) is 22.9. The van der Waals surface area contributed by atoms with E-state index in [0.717, 1.165) is 25.2 Å². The summed E-state index contributed by atoms with van der Waals surface area (Å²) in [6.45, 7) is 4.32. The zero-order valence-electron chi connectivity index (χ0n) is 19.9. The summed E-state index contributed by atoms with van der Waals surface area (Å²) in [4.78, 5) is 26.3. The summed E-state index contributed by atoms with van der Waals surface area (Å²) >= 11 is 0. The van der Waals surface area contributed by atoms with Crippen LogP contribution >= 0.6 is 0 Å². The monoisotopic (exact) mass is 479 g/mol. The number of fused-ring (bicyclic) bond motifs is 1. The van der Waals surface area contributed by atoms with Gasteiger partial charge in [-0.25, -0.2) is 9.97 Å². The predicted molar refractivity (Wildman–Crippen MR) is 129 cm³/mol. The summed E-state index contributed by atoms with van der Waals surface area (Å²) in [6, 6.07) is 7.70. The van der Waals surface area contributed by atoms with Crippen LogP contribution in [0.15, 0.2) is 36.7 Å². The van der Waals surface area contributed by atoms with E-state index in [2.05, 4.69) is 35.3 Å². The predicted octanol–water partition coefficient (Wildman–Crippen LogP) is 2.33. The topological polar surface area (TPSA) is 118 Å². The lowest BCUT2D eigenvalue weighted by Crippen LogP contribution is -2.50. The molecular formula is C24H29N7O4. The van der Waals surface area contributed by atoms with Crippen LogP contribution in [-0.4, -0.2) is 77.4 Å². The van der Waals surface area contributed by atoms with Gasteiger partial charge < -0.3 is 24.4 Å². The van der Waals surface area contributed by atoms with E-state index in [1.165, 1.54) is 19.4 Å². The standard InChI is InChI=1S/C24H29N7O4/c1-33-19-8-16(9-20(10-19)34-2)15-35-22-11-21(28-29-22)27-23(32)17-12-25-24(26-13-17)31-7-6-30-5-3-4-18(30)14-31/h8-13,18H,3-7,14-15H2,1-2H3,(H2,27,28,29,32). The Kier molecular flexibility index (Phi) is 6.66. The molecule has 4 heterocycles. The minimum Gasteiger partial charge on any atom is -0.497 e. The van der Waals surface area contributed by atoms with Crippen molar-refractivity contribution in [2.75, 3.05) is 50.6 Å². The third kappa shape index (κ3) is 5.29. The van der Waals surface area contributed by atoms with Gasteiger partial charge in [-0.05, 0) is 37.1 Å². The molecule has 2 aliphatic heterocycles. The number of ether oxygens (including phenoxy) is 3. The number of piperazine rings is 1. The number of aromatic amines is 1. The van der Waals surface area contributed by atoms with E-state index in [1.54, 1.807) is 38.7 Å². The van der Waals surface area contributed by atoms with Crippen LogP contribution < -0.4 is 24.4 Å². The van der Waals surface area contributed by atoms with Crippen LogP contribution in [-0.2, 0) is 6.61 Å². The van der Waals surface area contributed by atoms with Crippen molar-refractivity contribution in [3.8, 4) is 17.4 Å². The van der Waals surface area contributed by atoms with Gasteiger partial charge in [-0.3, -0.25) is 14.8 Å². The van der Waals surface area contributed by atoms with Gasteiger partial charge in [0.05, 0.1) is 19.8 Å². The van der Waals surface area contributed by atoms with E-state index < -0.39 is 0 Å². The fraction of sp³-hybridized carbons (Fsp3) is 0.417. The van der Waals surface area contributed by atoms with Gasteiger partial charge in [0.25, 0.3) is 5.91 Å². The van der Waals surface area contributed by atoms with Gasteiger partial charge >= 0.3 is 0 Å². The Morgan fingerprint density at radius 3 is 2.60 bits per heavy atom. The number of aromatic nitrogens is 4. The molecule has 11 nitrogen and oxygen atoms in total. The highest BCUT2D eigenvalue weighted by Crippen LogP contribution is 2.25. The van der Waals surface area contributed by atoms with Crippen molar-refractivity contribution in [1.29, 1.82) is 0 Å². The molecule has 1 atom stereocenters. The van der Waals surface area contributed by atoms with Gasteiger partial charge in [0.1, 0.15) is 23.9 Å². The van der Waals surface area contributed by atoms with E-state index >= 15 is 0 Å². The number of methoxy groups -OCH3 is 2. The molecule has 5 rings (SSSR count). The number of benzene rings is 1. The molecule has 0 bridgehead atoms. The van der Waals surface area contributed by atoms with Gasteiger partial charge in [0.2, 0.25) is 11.8 Å². The number of nitrogens with one attached hydrogen (secondary N) is 2. The molecule has 0 radical (unpaired) electrons. The number of carbonyl (C=O) groups is 1. The average molecular weight is 480 g/mol. The van der Waals surface area contributed by atoms with Crippen LogP contribution in [0, 0.1) is 0 Å². The Labute approximate surface area is 203 Å². The SMILES string of the molecule is COc1cc(COc2cc(NC(=O)c3cnc(N4CCN5CCCC5C4)nc3)[nH]n2)cc(OC)c1. The summed E-state index contributed by atoms with van der Waals surface area (Å²) in [5.41, 5.74) is 1.23. The molecule has 35 heavy (non-hydrogen) atoms. The first-order valence-corrected chi connectivity index (χ1v) is 11.6. The number of amides is 1. The van der Waals surface area contributed by atoms with Crippen LogP contribution in [0.4, 0.5) is 11.8 Å². The number of rotatable bonds is 8. The maximum atomic E-state index is 12.7. The molecule has 3 aromatic rings. The minimum absolute atomic E-state index is 0.260. The summed E-state index contributed by atoms with van der Waals surface area (Å²) in [5, 5.41) is 9.63. The number of carbonyl (C=O) groups excluding carboxylic acids is 1. The van der Waals surface area contributed by atoms with Gasteiger partial charge in [-0.2, -0.15) is 0 Å². The van der Waals surface area contributed by atoms with Gasteiger partial charge in [-0.1, -0.05) is 0 Å². The Bertz CT molecular complexity index is 1140. The number of nitrogens with zero attached hydrogens (tertiary/aromatic N) is 5. The van der Waals surface area contributed by atoms with Crippen molar-refractivity contribution >= 4 is 17.7 Å². The molecule has 2 fully saturated rings. The second-order valence-electron chi connectivity index (χ2n) is 8.63. The van der Waals surface area contributed by atoms with Crippen LogP contribution in [0.1, 0.15) is 28.8 Å². The Hall–Kier alpha value is -3.86. The van der Waals surface area contributed by atoms with Crippen molar-refractivity contribution in [3.05, 3.63) is 47.8 Å². The molecule has 184 valence electrons. The maximum Gasteiger partial charge on any atom is 0.259 e. The van der Waals surface area contributed by atoms with Crippen LogP contribution in [0.25, 0.3) is 0 Å². The summed E-state index contributed by atoms with van der Waals surface area (Å²) in [6.07, 6.45) is 5.60. The number of H-pyrrole nitrogens is 1. The Morgan fingerprint density at radius 1 is 1.09 bits per heavy atom. The van der Waals surface area contributed by atoms with Crippen molar-refractivity contribution in [2.45, 2.75) is 25.5 Å². The van der Waals surface area contributed by atoms with Crippen molar-refractivity contribution in [3.63, 3.8) is 0 Å². The fourth-order valence-corrected chi connectivity index (χ4v) is 4.52.